The molecule has 0 saturated carbocycles. The third-order valence-corrected chi connectivity index (χ3v) is 3.86. The molecule has 0 amide bonds. The Hall–Kier alpha value is -1.48. The van der Waals surface area contributed by atoms with Gasteiger partial charge in [-0.2, -0.15) is 4.68 Å². The zero-order chi connectivity index (χ0) is 12.4. The fourth-order valence-electron chi connectivity index (χ4n) is 1.18. The zero-order valence-electron chi connectivity index (χ0n) is 9.12. The van der Waals surface area contributed by atoms with Gasteiger partial charge in [0.2, 0.25) is 5.13 Å². The lowest BCUT2D eigenvalue weighted by Gasteiger charge is -1.95. The largest absolute Gasteiger partial charge is 0.476 e. The van der Waals surface area contributed by atoms with Crippen LogP contribution in [0, 0.1) is 6.92 Å². The number of aromatic nitrogens is 5. The summed E-state index contributed by atoms with van der Waals surface area (Å²) in [6.07, 6.45) is 0. The van der Waals surface area contributed by atoms with Crippen molar-refractivity contribution in [2.75, 3.05) is 5.75 Å². The van der Waals surface area contributed by atoms with E-state index in [2.05, 4.69) is 20.5 Å². The van der Waals surface area contributed by atoms with Crippen LogP contribution in [0.15, 0.2) is 4.34 Å². The van der Waals surface area contributed by atoms with Gasteiger partial charge in [0, 0.05) is 0 Å². The van der Waals surface area contributed by atoms with Crippen LogP contribution >= 0.6 is 23.1 Å². The van der Waals surface area contributed by atoms with Crippen molar-refractivity contribution in [3.63, 3.8) is 0 Å². The third-order valence-electron chi connectivity index (χ3n) is 1.94. The molecule has 0 aliphatic carbocycles. The molecule has 90 valence electrons. The maximum absolute atomic E-state index is 10.8. The number of aromatic carboxylic acids is 1. The highest BCUT2D eigenvalue weighted by Gasteiger charge is 2.18. The second-order valence-electron chi connectivity index (χ2n) is 3.02. The maximum atomic E-state index is 10.8. The monoisotopic (exact) mass is 271 g/mol. The lowest BCUT2D eigenvalue weighted by molar-refractivity contribution is 0.0689. The molecular formula is C8H9N5O2S2. The number of thioether (sulfide) groups is 1. The van der Waals surface area contributed by atoms with Gasteiger partial charge in [-0.15, -0.1) is 15.3 Å². The van der Waals surface area contributed by atoms with E-state index < -0.39 is 5.97 Å². The molecule has 17 heavy (non-hydrogen) atoms. The predicted molar refractivity (Wildman–Crippen MR) is 62.9 cm³/mol. The topological polar surface area (TPSA) is 93.8 Å². The summed E-state index contributed by atoms with van der Waals surface area (Å²) in [4.78, 5) is 10.8. The van der Waals surface area contributed by atoms with Crippen LogP contribution in [0.2, 0.25) is 0 Å². The Labute approximate surface area is 105 Å². The highest BCUT2D eigenvalue weighted by Crippen LogP contribution is 2.24. The van der Waals surface area contributed by atoms with E-state index in [4.69, 9.17) is 5.11 Å². The summed E-state index contributed by atoms with van der Waals surface area (Å²) in [6.45, 7) is 3.66. The van der Waals surface area contributed by atoms with Crippen molar-refractivity contribution < 1.29 is 9.90 Å². The summed E-state index contributed by atoms with van der Waals surface area (Å²) in [5.74, 6) is -0.188. The summed E-state index contributed by atoms with van der Waals surface area (Å²) in [5.41, 5.74) is 0.381. The lowest BCUT2D eigenvalue weighted by atomic mass is 10.3. The van der Waals surface area contributed by atoms with Gasteiger partial charge in [0.1, 0.15) is 0 Å². The molecule has 0 aromatic carbocycles. The molecule has 2 rings (SSSR count). The van der Waals surface area contributed by atoms with Crippen molar-refractivity contribution in [1.82, 2.24) is 25.2 Å². The molecule has 2 aromatic heterocycles. The van der Waals surface area contributed by atoms with Crippen LogP contribution < -0.4 is 0 Å². The van der Waals surface area contributed by atoms with Crippen LogP contribution in [0.5, 0.6) is 0 Å². The molecular weight excluding hydrogens is 262 g/mol. The average Bonchev–Trinajstić information content (AvgIpc) is 2.85. The molecule has 9 heteroatoms. The predicted octanol–water partition coefficient (Wildman–Crippen LogP) is 1.24. The van der Waals surface area contributed by atoms with Gasteiger partial charge in [0.15, 0.2) is 10.0 Å². The van der Waals surface area contributed by atoms with Crippen LogP contribution in [0.25, 0.3) is 5.13 Å². The van der Waals surface area contributed by atoms with E-state index in [9.17, 15) is 4.79 Å². The van der Waals surface area contributed by atoms with Crippen molar-refractivity contribution >= 4 is 29.1 Å². The van der Waals surface area contributed by atoms with E-state index in [0.717, 1.165) is 10.1 Å². The Morgan fingerprint density at radius 2 is 2.24 bits per heavy atom. The molecule has 2 heterocycles. The summed E-state index contributed by atoms with van der Waals surface area (Å²) >= 11 is 2.93. The van der Waals surface area contributed by atoms with Crippen molar-refractivity contribution in [2.45, 2.75) is 18.2 Å². The van der Waals surface area contributed by atoms with E-state index in [1.807, 2.05) is 6.92 Å². The molecule has 1 N–H and O–H groups in total. The summed E-state index contributed by atoms with van der Waals surface area (Å²) in [6, 6.07) is 0. The van der Waals surface area contributed by atoms with Gasteiger partial charge in [-0.25, -0.2) is 4.79 Å². The standard InChI is InChI=1S/C8H9N5O2S2/c1-3-16-8-11-10-7(17-8)13-4(2)5(6(14)15)9-12-13/h3H2,1-2H3,(H,14,15). The number of nitrogens with zero attached hydrogens (tertiary/aromatic N) is 5. The Kier molecular flexibility index (Phi) is 3.38. The number of rotatable bonds is 4. The minimum absolute atomic E-state index is 0.0649. The molecule has 0 fully saturated rings. The van der Waals surface area contributed by atoms with Gasteiger partial charge in [0.25, 0.3) is 0 Å². The van der Waals surface area contributed by atoms with E-state index in [1.165, 1.54) is 16.0 Å². The minimum Gasteiger partial charge on any atom is -0.476 e. The number of carboxylic acids is 1. The van der Waals surface area contributed by atoms with Gasteiger partial charge in [-0.1, -0.05) is 35.2 Å². The SMILES string of the molecule is CCSc1nnc(-n2nnc(C(=O)O)c2C)s1. The zero-order valence-corrected chi connectivity index (χ0v) is 10.7. The number of carbonyl (C=O) groups is 1. The summed E-state index contributed by atoms with van der Waals surface area (Å²) in [5, 5.41) is 24.7. The van der Waals surface area contributed by atoms with Crippen LogP contribution in [-0.2, 0) is 0 Å². The minimum atomic E-state index is -1.10. The van der Waals surface area contributed by atoms with Crippen molar-refractivity contribution in [1.29, 1.82) is 0 Å². The van der Waals surface area contributed by atoms with Crippen LogP contribution in [-0.4, -0.2) is 42.0 Å². The average molecular weight is 271 g/mol. The molecule has 0 aliphatic rings. The maximum Gasteiger partial charge on any atom is 0.358 e. The highest BCUT2D eigenvalue weighted by molar-refractivity contribution is 8.01. The molecule has 0 saturated heterocycles. The second kappa shape index (κ2) is 4.80. The summed E-state index contributed by atoms with van der Waals surface area (Å²) in [7, 11) is 0. The van der Waals surface area contributed by atoms with Gasteiger partial charge < -0.3 is 5.11 Å². The molecule has 0 radical (unpaired) electrons. The Balaban J connectivity index is 2.36. The van der Waals surface area contributed by atoms with Gasteiger partial charge in [-0.3, -0.25) is 0 Å². The van der Waals surface area contributed by atoms with Crippen LogP contribution in [0.1, 0.15) is 23.1 Å². The fourth-order valence-corrected chi connectivity index (χ4v) is 2.92. The molecule has 0 atom stereocenters. The molecule has 7 nitrogen and oxygen atoms in total. The van der Waals surface area contributed by atoms with Gasteiger partial charge in [0.05, 0.1) is 5.69 Å². The van der Waals surface area contributed by atoms with Crippen molar-refractivity contribution in [3.8, 4) is 5.13 Å². The van der Waals surface area contributed by atoms with Gasteiger partial charge in [-0.05, 0) is 12.7 Å². The first-order valence-electron chi connectivity index (χ1n) is 4.75. The number of hydrogen-bond acceptors (Lipinski definition) is 7. The van der Waals surface area contributed by atoms with Crippen LogP contribution in [0.4, 0.5) is 0 Å². The Morgan fingerprint density at radius 1 is 1.47 bits per heavy atom. The molecule has 0 unspecified atom stereocenters. The number of hydrogen-bond donors (Lipinski definition) is 1. The van der Waals surface area contributed by atoms with E-state index >= 15 is 0 Å². The summed E-state index contributed by atoms with van der Waals surface area (Å²) < 4.78 is 2.22. The van der Waals surface area contributed by atoms with E-state index in [0.29, 0.717) is 10.8 Å². The van der Waals surface area contributed by atoms with Crippen molar-refractivity contribution in [3.05, 3.63) is 11.4 Å². The van der Waals surface area contributed by atoms with E-state index in [-0.39, 0.29) is 5.69 Å². The smallest absolute Gasteiger partial charge is 0.358 e. The first kappa shape index (κ1) is 12.0. The molecule has 2 aromatic rings. The Morgan fingerprint density at radius 3 is 2.82 bits per heavy atom. The molecule has 0 spiro atoms. The fraction of sp³-hybridized carbons (Fsp3) is 0.375. The normalized spacial score (nSPS) is 10.7. The lowest BCUT2D eigenvalue weighted by Crippen LogP contribution is -2.02. The molecule has 0 bridgehead atoms. The van der Waals surface area contributed by atoms with Gasteiger partial charge >= 0.3 is 5.97 Å². The van der Waals surface area contributed by atoms with Crippen molar-refractivity contribution in [2.24, 2.45) is 0 Å². The Bertz CT molecular complexity index is 550. The highest BCUT2D eigenvalue weighted by atomic mass is 32.2. The van der Waals surface area contributed by atoms with E-state index in [1.54, 1.807) is 18.7 Å². The molecule has 0 aliphatic heterocycles. The first-order chi connectivity index (χ1) is 8.13. The number of carboxylic acid groups (broad SMARTS) is 1. The second-order valence-corrected chi connectivity index (χ2v) is 5.49. The quantitative estimate of drug-likeness (QED) is 0.836. The first-order valence-corrected chi connectivity index (χ1v) is 6.56. The van der Waals surface area contributed by atoms with Crippen LogP contribution in [0.3, 0.4) is 0 Å². The third kappa shape index (κ3) is 2.29.